The Labute approximate surface area is 127 Å². The van der Waals surface area contributed by atoms with E-state index in [-0.39, 0.29) is 5.91 Å². The maximum atomic E-state index is 11.6. The summed E-state index contributed by atoms with van der Waals surface area (Å²) in [6.45, 7) is 8.89. The van der Waals surface area contributed by atoms with E-state index in [0.29, 0.717) is 13.1 Å². The first kappa shape index (κ1) is 17.4. The van der Waals surface area contributed by atoms with Crippen LogP contribution in [0.3, 0.4) is 0 Å². The Bertz CT molecular complexity index is 450. The van der Waals surface area contributed by atoms with Gasteiger partial charge in [0.1, 0.15) is 11.6 Å². The van der Waals surface area contributed by atoms with Crippen LogP contribution in [0, 0.1) is 6.92 Å². The number of hydrogen-bond acceptors (Lipinski definition) is 5. The predicted octanol–water partition coefficient (Wildman–Crippen LogP) is 1.56. The van der Waals surface area contributed by atoms with E-state index in [9.17, 15) is 4.79 Å². The van der Waals surface area contributed by atoms with Gasteiger partial charge < -0.3 is 10.6 Å². The molecule has 118 valence electrons. The third-order valence-electron chi connectivity index (χ3n) is 3.01. The number of hydrogen-bond donors (Lipinski definition) is 2. The van der Waals surface area contributed by atoms with Gasteiger partial charge in [-0.2, -0.15) is 0 Å². The Hall–Kier alpha value is -1.69. The van der Waals surface area contributed by atoms with E-state index in [0.717, 1.165) is 43.3 Å². The second-order valence-electron chi connectivity index (χ2n) is 5.12. The molecule has 6 nitrogen and oxygen atoms in total. The molecule has 0 aliphatic rings. The second kappa shape index (κ2) is 9.28. The number of rotatable bonds is 9. The number of nitrogens with zero attached hydrogens (tertiary/aromatic N) is 3. The zero-order valence-electron chi connectivity index (χ0n) is 13.6. The molecule has 1 heterocycles. The zero-order chi connectivity index (χ0) is 15.7. The molecule has 0 aliphatic carbocycles. The molecule has 0 bridgehead atoms. The minimum absolute atomic E-state index is 0.0143. The van der Waals surface area contributed by atoms with Crippen molar-refractivity contribution < 1.29 is 4.79 Å². The summed E-state index contributed by atoms with van der Waals surface area (Å²) in [6.07, 6.45) is 2.04. The molecule has 1 amide bonds. The summed E-state index contributed by atoms with van der Waals surface area (Å²) in [7, 11) is 1.66. The van der Waals surface area contributed by atoms with E-state index >= 15 is 0 Å². The molecular formula is C15H27N5O. The Kier molecular flexibility index (Phi) is 7.68. The molecule has 0 unspecified atom stereocenters. The monoisotopic (exact) mass is 293 g/mol. The Morgan fingerprint density at radius 3 is 2.67 bits per heavy atom. The van der Waals surface area contributed by atoms with Crippen molar-refractivity contribution in [2.45, 2.75) is 40.2 Å². The van der Waals surface area contributed by atoms with Crippen LogP contribution in [0.5, 0.6) is 0 Å². The molecule has 0 saturated carbocycles. The maximum absolute atomic E-state index is 11.6. The lowest BCUT2D eigenvalue weighted by atomic mass is 10.3. The molecule has 0 spiro atoms. The minimum atomic E-state index is 0.0143. The fraction of sp³-hybridized carbons (Fsp3) is 0.667. The lowest BCUT2D eigenvalue weighted by molar-refractivity contribution is -0.121. The van der Waals surface area contributed by atoms with Crippen molar-refractivity contribution in [3.05, 3.63) is 17.6 Å². The van der Waals surface area contributed by atoms with Gasteiger partial charge in [0.05, 0.1) is 13.1 Å². The molecule has 0 aromatic carbocycles. The van der Waals surface area contributed by atoms with Crippen LogP contribution in [0.25, 0.3) is 0 Å². The first-order chi connectivity index (χ1) is 10.1. The van der Waals surface area contributed by atoms with Crippen molar-refractivity contribution in [3.63, 3.8) is 0 Å². The zero-order valence-corrected chi connectivity index (χ0v) is 13.6. The Morgan fingerprint density at radius 1 is 1.29 bits per heavy atom. The summed E-state index contributed by atoms with van der Waals surface area (Å²) < 4.78 is 0. The van der Waals surface area contributed by atoms with Crippen LogP contribution in [0.4, 0.5) is 5.82 Å². The summed E-state index contributed by atoms with van der Waals surface area (Å²) in [5.41, 5.74) is 0.940. The number of carbonyl (C=O) groups is 1. The molecule has 2 N–H and O–H groups in total. The molecule has 0 atom stereocenters. The van der Waals surface area contributed by atoms with Gasteiger partial charge >= 0.3 is 0 Å². The van der Waals surface area contributed by atoms with Crippen LogP contribution in [-0.2, 0) is 11.3 Å². The standard InChI is InChI=1S/C15H27N5O/c1-5-7-17-13-9-12(3)18-14(19-13)10-20(8-6-2)11-15(21)16-4/h9H,5-8,10-11H2,1-4H3,(H,16,21)(H,17,18,19). The third-order valence-corrected chi connectivity index (χ3v) is 3.01. The topological polar surface area (TPSA) is 70.2 Å². The smallest absolute Gasteiger partial charge is 0.233 e. The second-order valence-corrected chi connectivity index (χ2v) is 5.12. The molecule has 1 aromatic heterocycles. The van der Waals surface area contributed by atoms with Gasteiger partial charge in [-0.1, -0.05) is 13.8 Å². The van der Waals surface area contributed by atoms with Crippen molar-refractivity contribution in [1.29, 1.82) is 0 Å². The van der Waals surface area contributed by atoms with Gasteiger partial charge in [0, 0.05) is 25.4 Å². The average molecular weight is 293 g/mol. The van der Waals surface area contributed by atoms with Gasteiger partial charge in [-0.3, -0.25) is 9.69 Å². The largest absolute Gasteiger partial charge is 0.370 e. The third kappa shape index (κ3) is 6.53. The molecule has 0 radical (unpaired) electrons. The molecule has 0 fully saturated rings. The highest BCUT2D eigenvalue weighted by molar-refractivity contribution is 5.77. The molecular weight excluding hydrogens is 266 g/mol. The number of carbonyl (C=O) groups excluding carboxylic acids is 1. The number of aromatic nitrogens is 2. The molecule has 0 saturated heterocycles. The van der Waals surface area contributed by atoms with E-state index in [2.05, 4.69) is 39.3 Å². The summed E-state index contributed by atoms with van der Waals surface area (Å²) in [4.78, 5) is 22.6. The predicted molar refractivity (Wildman–Crippen MR) is 85.2 cm³/mol. The first-order valence-corrected chi connectivity index (χ1v) is 7.60. The highest BCUT2D eigenvalue weighted by Gasteiger charge is 2.12. The van der Waals surface area contributed by atoms with Gasteiger partial charge in [0.15, 0.2) is 0 Å². The normalized spacial score (nSPS) is 10.7. The van der Waals surface area contributed by atoms with Gasteiger partial charge in [-0.05, 0) is 26.3 Å². The van der Waals surface area contributed by atoms with Crippen molar-refractivity contribution in [2.24, 2.45) is 0 Å². The van der Waals surface area contributed by atoms with Gasteiger partial charge in [-0.25, -0.2) is 9.97 Å². The lowest BCUT2D eigenvalue weighted by Crippen LogP contribution is -2.36. The summed E-state index contributed by atoms with van der Waals surface area (Å²) >= 11 is 0. The maximum Gasteiger partial charge on any atom is 0.233 e. The van der Waals surface area contributed by atoms with Crippen LogP contribution in [0.2, 0.25) is 0 Å². The number of nitrogens with one attached hydrogen (secondary N) is 2. The summed E-state index contributed by atoms with van der Waals surface area (Å²) in [6, 6.07) is 1.95. The Balaban J connectivity index is 2.77. The van der Waals surface area contributed by atoms with Crippen LogP contribution in [-0.4, -0.2) is 47.5 Å². The van der Waals surface area contributed by atoms with Gasteiger partial charge in [-0.15, -0.1) is 0 Å². The molecule has 21 heavy (non-hydrogen) atoms. The summed E-state index contributed by atoms with van der Waals surface area (Å²) in [5.74, 6) is 1.63. The number of amides is 1. The van der Waals surface area contributed by atoms with Crippen LogP contribution >= 0.6 is 0 Å². The highest BCUT2D eigenvalue weighted by atomic mass is 16.1. The molecule has 0 aliphatic heterocycles. The van der Waals surface area contributed by atoms with E-state index in [4.69, 9.17) is 0 Å². The van der Waals surface area contributed by atoms with Crippen LogP contribution in [0.15, 0.2) is 6.07 Å². The first-order valence-electron chi connectivity index (χ1n) is 7.60. The van der Waals surface area contributed by atoms with Crippen molar-refractivity contribution in [1.82, 2.24) is 20.2 Å². The number of anilines is 1. The fourth-order valence-corrected chi connectivity index (χ4v) is 2.06. The quantitative estimate of drug-likeness (QED) is 0.723. The molecule has 1 aromatic rings. The van der Waals surface area contributed by atoms with E-state index in [1.807, 2.05) is 13.0 Å². The van der Waals surface area contributed by atoms with Crippen molar-refractivity contribution in [2.75, 3.05) is 32.0 Å². The van der Waals surface area contributed by atoms with Crippen molar-refractivity contribution >= 4 is 11.7 Å². The van der Waals surface area contributed by atoms with Gasteiger partial charge in [0.25, 0.3) is 0 Å². The highest BCUT2D eigenvalue weighted by Crippen LogP contribution is 2.08. The molecule has 6 heteroatoms. The average Bonchev–Trinajstić information content (AvgIpc) is 2.44. The van der Waals surface area contributed by atoms with E-state index in [1.54, 1.807) is 7.05 Å². The SMILES string of the molecule is CCCNc1cc(C)nc(CN(CCC)CC(=O)NC)n1. The number of aryl methyl sites for hydroxylation is 1. The lowest BCUT2D eigenvalue weighted by Gasteiger charge is -2.20. The van der Waals surface area contributed by atoms with E-state index < -0.39 is 0 Å². The Morgan fingerprint density at radius 2 is 2.05 bits per heavy atom. The van der Waals surface area contributed by atoms with Gasteiger partial charge in [0.2, 0.25) is 5.91 Å². The number of likely N-dealkylation sites (N-methyl/N-ethyl adjacent to an activating group) is 1. The van der Waals surface area contributed by atoms with Crippen LogP contribution < -0.4 is 10.6 Å². The molecule has 1 rings (SSSR count). The summed E-state index contributed by atoms with van der Waals surface area (Å²) in [5, 5.41) is 5.94. The minimum Gasteiger partial charge on any atom is -0.370 e. The van der Waals surface area contributed by atoms with Crippen molar-refractivity contribution in [3.8, 4) is 0 Å². The van der Waals surface area contributed by atoms with E-state index in [1.165, 1.54) is 0 Å². The fourth-order valence-electron chi connectivity index (χ4n) is 2.06. The van der Waals surface area contributed by atoms with Crippen LogP contribution in [0.1, 0.15) is 38.2 Å².